The van der Waals surface area contributed by atoms with Gasteiger partial charge in [-0.05, 0) is 31.7 Å². The van der Waals surface area contributed by atoms with Gasteiger partial charge in [0.25, 0.3) is 5.56 Å². The van der Waals surface area contributed by atoms with Crippen LogP contribution in [0.5, 0.6) is 0 Å². The molecule has 0 spiro atoms. The van der Waals surface area contributed by atoms with E-state index < -0.39 is 0 Å². The van der Waals surface area contributed by atoms with Crippen LogP contribution in [0.1, 0.15) is 37.3 Å². The lowest BCUT2D eigenvalue weighted by molar-refractivity contribution is 0.480. The molecule has 0 bridgehead atoms. The summed E-state index contributed by atoms with van der Waals surface area (Å²) in [4.78, 5) is 27.5. The third-order valence-corrected chi connectivity index (χ3v) is 5.20. The number of rotatable bonds is 5. The Morgan fingerprint density at radius 1 is 1.07 bits per heavy atom. The van der Waals surface area contributed by atoms with Crippen molar-refractivity contribution < 1.29 is 0 Å². The SMILES string of the molecule is O=c1ccc(C2CC2)nn1CC1CCCN1c1cncc(-n2cncn2)n1. The Bertz CT molecular complexity index is 995. The van der Waals surface area contributed by atoms with E-state index in [1.807, 2.05) is 6.07 Å². The highest BCUT2D eigenvalue weighted by atomic mass is 16.1. The summed E-state index contributed by atoms with van der Waals surface area (Å²) in [7, 11) is 0. The lowest BCUT2D eigenvalue weighted by atomic mass is 10.2. The van der Waals surface area contributed by atoms with Gasteiger partial charge >= 0.3 is 0 Å². The summed E-state index contributed by atoms with van der Waals surface area (Å²) in [5.74, 6) is 1.94. The summed E-state index contributed by atoms with van der Waals surface area (Å²) in [6, 6.07) is 3.69. The molecule has 0 radical (unpaired) electrons. The Kier molecular flexibility index (Phi) is 3.92. The average molecular weight is 364 g/mol. The highest BCUT2D eigenvalue weighted by Crippen LogP contribution is 2.38. The standard InChI is InChI=1S/C18H20N8O/c27-18-6-5-15(13-3-4-13)23-25(18)10-14-2-1-7-24(14)16-8-19-9-17(22-16)26-12-20-11-21-26/h5-6,8-9,11-14H,1-4,7,10H2. The molecule has 0 amide bonds. The second-order valence-electron chi connectivity index (χ2n) is 7.12. The Labute approximate surface area is 155 Å². The fourth-order valence-corrected chi connectivity index (χ4v) is 3.64. The molecule has 9 nitrogen and oxygen atoms in total. The molecule has 2 aliphatic rings. The van der Waals surface area contributed by atoms with Crippen LogP contribution in [0, 0.1) is 0 Å². The van der Waals surface area contributed by atoms with Crippen molar-refractivity contribution in [3.63, 3.8) is 0 Å². The predicted molar refractivity (Wildman–Crippen MR) is 97.8 cm³/mol. The lowest BCUT2D eigenvalue weighted by Gasteiger charge is -2.26. The quantitative estimate of drug-likeness (QED) is 0.670. The van der Waals surface area contributed by atoms with E-state index in [0.717, 1.165) is 30.9 Å². The van der Waals surface area contributed by atoms with E-state index in [1.54, 1.807) is 34.2 Å². The van der Waals surface area contributed by atoms with Crippen molar-refractivity contribution in [2.45, 2.75) is 44.2 Å². The second kappa shape index (κ2) is 6.57. The van der Waals surface area contributed by atoms with Crippen molar-refractivity contribution in [1.82, 2.24) is 34.5 Å². The van der Waals surface area contributed by atoms with Crippen LogP contribution in [-0.4, -0.2) is 47.1 Å². The molecule has 0 aromatic carbocycles. The predicted octanol–water partition coefficient (Wildman–Crippen LogP) is 1.16. The van der Waals surface area contributed by atoms with E-state index in [1.165, 1.54) is 19.2 Å². The van der Waals surface area contributed by atoms with Crippen LogP contribution in [-0.2, 0) is 6.54 Å². The number of hydrogen-bond donors (Lipinski definition) is 0. The van der Waals surface area contributed by atoms with Crippen molar-refractivity contribution in [2.75, 3.05) is 11.4 Å². The first kappa shape index (κ1) is 16.1. The molecular weight excluding hydrogens is 344 g/mol. The van der Waals surface area contributed by atoms with E-state index in [-0.39, 0.29) is 11.6 Å². The zero-order valence-electron chi connectivity index (χ0n) is 14.8. The van der Waals surface area contributed by atoms with Gasteiger partial charge in [-0.25, -0.2) is 19.3 Å². The van der Waals surface area contributed by atoms with E-state index in [2.05, 4.69) is 30.0 Å². The monoisotopic (exact) mass is 364 g/mol. The van der Waals surface area contributed by atoms with E-state index in [0.29, 0.717) is 18.3 Å². The molecular formula is C18H20N8O. The van der Waals surface area contributed by atoms with Crippen LogP contribution in [0.2, 0.25) is 0 Å². The molecule has 1 aliphatic carbocycles. The van der Waals surface area contributed by atoms with Gasteiger partial charge in [0.2, 0.25) is 0 Å². The van der Waals surface area contributed by atoms with Crippen molar-refractivity contribution in [1.29, 1.82) is 0 Å². The molecule has 138 valence electrons. The summed E-state index contributed by atoms with van der Waals surface area (Å²) in [6.45, 7) is 1.45. The molecule has 3 aromatic rings. The molecule has 1 saturated heterocycles. The normalized spacial score (nSPS) is 19.6. The Balaban J connectivity index is 1.40. The zero-order chi connectivity index (χ0) is 18.2. The Hall–Kier alpha value is -3.10. The smallest absolute Gasteiger partial charge is 0.266 e. The van der Waals surface area contributed by atoms with Gasteiger partial charge in [-0.3, -0.25) is 9.78 Å². The number of anilines is 1. The van der Waals surface area contributed by atoms with Gasteiger partial charge in [0.05, 0.1) is 30.7 Å². The Morgan fingerprint density at radius 3 is 2.78 bits per heavy atom. The molecule has 3 aromatic heterocycles. The molecule has 9 heteroatoms. The fourth-order valence-electron chi connectivity index (χ4n) is 3.64. The van der Waals surface area contributed by atoms with E-state index >= 15 is 0 Å². The van der Waals surface area contributed by atoms with Gasteiger partial charge in [-0.2, -0.15) is 10.2 Å². The van der Waals surface area contributed by atoms with Crippen molar-refractivity contribution in [2.24, 2.45) is 0 Å². The summed E-state index contributed by atoms with van der Waals surface area (Å²) in [5.41, 5.74) is 0.987. The largest absolute Gasteiger partial charge is 0.350 e. The molecule has 4 heterocycles. The van der Waals surface area contributed by atoms with Gasteiger partial charge in [-0.15, -0.1) is 0 Å². The molecule has 1 unspecified atom stereocenters. The summed E-state index contributed by atoms with van der Waals surface area (Å²) < 4.78 is 3.21. The minimum Gasteiger partial charge on any atom is -0.350 e. The molecule has 2 fully saturated rings. The molecule has 27 heavy (non-hydrogen) atoms. The lowest BCUT2D eigenvalue weighted by Crippen LogP contribution is -2.37. The highest BCUT2D eigenvalue weighted by molar-refractivity contribution is 5.41. The first-order chi connectivity index (χ1) is 13.3. The van der Waals surface area contributed by atoms with Gasteiger partial charge < -0.3 is 4.90 Å². The van der Waals surface area contributed by atoms with Crippen LogP contribution in [0.25, 0.3) is 5.82 Å². The number of hydrogen-bond acceptors (Lipinski definition) is 7. The minimum atomic E-state index is -0.0475. The van der Waals surface area contributed by atoms with Crippen LogP contribution in [0.3, 0.4) is 0 Å². The van der Waals surface area contributed by atoms with Gasteiger partial charge in [0.1, 0.15) is 18.5 Å². The van der Waals surface area contributed by atoms with Crippen molar-refractivity contribution >= 4 is 5.82 Å². The molecule has 1 saturated carbocycles. The van der Waals surface area contributed by atoms with Crippen LogP contribution in [0.4, 0.5) is 5.82 Å². The number of aromatic nitrogens is 7. The maximum atomic E-state index is 12.3. The molecule has 1 aliphatic heterocycles. The summed E-state index contributed by atoms with van der Waals surface area (Å²) in [6.07, 6.45) is 10.9. The van der Waals surface area contributed by atoms with Crippen LogP contribution in [0.15, 0.2) is 42.0 Å². The van der Waals surface area contributed by atoms with Crippen molar-refractivity contribution in [3.8, 4) is 5.82 Å². The Morgan fingerprint density at radius 2 is 1.96 bits per heavy atom. The van der Waals surface area contributed by atoms with E-state index in [4.69, 9.17) is 0 Å². The first-order valence-electron chi connectivity index (χ1n) is 9.30. The topological polar surface area (TPSA) is 94.6 Å². The zero-order valence-corrected chi connectivity index (χ0v) is 14.8. The first-order valence-corrected chi connectivity index (χ1v) is 9.30. The third kappa shape index (κ3) is 3.20. The molecule has 1 atom stereocenters. The summed E-state index contributed by atoms with van der Waals surface area (Å²) in [5, 5.41) is 8.72. The van der Waals surface area contributed by atoms with Crippen LogP contribution >= 0.6 is 0 Å². The summed E-state index contributed by atoms with van der Waals surface area (Å²) >= 11 is 0. The maximum Gasteiger partial charge on any atom is 0.266 e. The minimum absolute atomic E-state index is 0.0475. The average Bonchev–Trinajstić information content (AvgIpc) is 3.19. The second-order valence-corrected chi connectivity index (χ2v) is 7.12. The highest BCUT2D eigenvalue weighted by Gasteiger charge is 2.29. The molecule has 5 rings (SSSR count). The number of nitrogens with zero attached hydrogens (tertiary/aromatic N) is 8. The van der Waals surface area contributed by atoms with Gasteiger partial charge in [0.15, 0.2) is 5.82 Å². The maximum absolute atomic E-state index is 12.3. The van der Waals surface area contributed by atoms with Gasteiger partial charge in [-0.1, -0.05) is 0 Å². The van der Waals surface area contributed by atoms with Gasteiger partial charge in [0, 0.05) is 18.5 Å². The molecule has 0 N–H and O–H groups in total. The van der Waals surface area contributed by atoms with Crippen LogP contribution < -0.4 is 10.5 Å². The third-order valence-electron chi connectivity index (χ3n) is 5.20. The van der Waals surface area contributed by atoms with E-state index in [9.17, 15) is 4.79 Å². The fraction of sp³-hybridized carbons (Fsp3) is 0.444. The van der Waals surface area contributed by atoms with Crippen molar-refractivity contribution in [3.05, 3.63) is 53.2 Å².